The zero-order chi connectivity index (χ0) is 7.23. The lowest BCUT2D eigenvalue weighted by molar-refractivity contribution is 0.404. The molecule has 1 aliphatic carbocycles. The van der Waals surface area contributed by atoms with E-state index in [1.54, 1.807) is 0 Å². The van der Waals surface area contributed by atoms with E-state index >= 15 is 0 Å². The van der Waals surface area contributed by atoms with Gasteiger partial charge in [-0.05, 0) is 5.92 Å². The molecule has 1 saturated carbocycles. The fourth-order valence-corrected chi connectivity index (χ4v) is 1.78. The van der Waals surface area contributed by atoms with E-state index in [0.29, 0.717) is 0 Å². The molecule has 1 heteroatoms. The van der Waals surface area contributed by atoms with Crippen molar-refractivity contribution in [2.45, 2.75) is 51.3 Å². The van der Waals surface area contributed by atoms with E-state index in [-0.39, 0.29) is 0 Å². The summed E-state index contributed by atoms with van der Waals surface area (Å²) in [7, 11) is 5.62. The zero-order valence-electron chi connectivity index (χ0n) is 6.81. The van der Waals surface area contributed by atoms with Crippen LogP contribution in [0.5, 0.6) is 0 Å². The molecule has 0 aromatic carbocycles. The first kappa shape index (κ1) is 8.16. The number of rotatable bonds is 1. The van der Waals surface area contributed by atoms with Crippen molar-refractivity contribution in [1.29, 1.82) is 0 Å². The minimum atomic E-state index is 0.847. The average Bonchev–Trinajstić information content (AvgIpc) is 1.87. The SMILES string of the molecule is [B]CC1CCCCCCC1. The van der Waals surface area contributed by atoms with Crippen molar-refractivity contribution in [2.75, 3.05) is 0 Å². The quantitative estimate of drug-likeness (QED) is 0.486. The largest absolute Gasteiger partial charge is 0.0859 e. The highest BCUT2D eigenvalue weighted by Crippen LogP contribution is 2.23. The molecule has 0 aromatic rings. The fraction of sp³-hybridized carbons (Fsp3) is 1.00. The highest BCUT2D eigenvalue weighted by atomic mass is 14.1. The minimum Gasteiger partial charge on any atom is -0.0859 e. The minimum absolute atomic E-state index is 0.847. The second-order valence-electron chi connectivity index (χ2n) is 3.45. The summed E-state index contributed by atoms with van der Waals surface area (Å²) < 4.78 is 0. The molecular weight excluding hydrogens is 119 g/mol. The van der Waals surface area contributed by atoms with E-state index in [1.165, 1.54) is 44.9 Å². The van der Waals surface area contributed by atoms with Crippen LogP contribution in [0.3, 0.4) is 0 Å². The van der Waals surface area contributed by atoms with Crippen LogP contribution in [-0.2, 0) is 0 Å². The molecule has 1 rings (SSSR count). The average molecular weight is 136 g/mol. The van der Waals surface area contributed by atoms with Crippen LogP contribution >= 0.6 is 0 Å². The first-order valence-electron chi connectivity index (χ1n) is 4.63. The molecule has 10 heavy (non-hydrogen) atoms. The second-order valence-corrected chi connectivity index (χ2v) is 3.45. The van der Waals surface area contributed by atoms with Crippen molar-refractivity contribution >= 4 is 7.85 Å². The van der Waals surface area contributed by atoms with Crippen LogP contribution in [0.4, 0.5) is 0 Å². The van der Waals surface area contributed by atoms with E-state index in [2.05, 4.69) is 0 Å². The van der Waals surface area contributed by atoms with E-state index in [4.69, 9.17) is 7.85 Å². The molecule has 56 valence electrons. The predicted octanol–water partition coefficient (Wildman–Crippen LogP) is 2.93. The van der Waals surface area contributed by atoms with Gasteiger partial charge in [-0.3, -0.25) is 0 Å². The summed E-state index contributed by atoms with van der Waals surface area (Å²) in [5, 5.41) is 0. The van der Waals surface area contributed by atoms with Crippen molar-refractivity contribution in [1.82, 2.24) is 0 Å². The molecule has 0 unspecified atom stereocenters. The van der Waals surface area contributed by atoms with Gasteiger partial charge in [-0.15, -0.1) is 0 Å². The number of hydrogen-bond donors (Lipinski definition) is 0. The summed E-state index contributed by atoms with van der Waals surface area (Å²) in [6.07, 6.45) is 10.9. The second kappa shape index (κ2) is 4.82. The Morgan fingerprint density at radius 2 is 1.40 bits per heavy atom. The fourth-order valence-electron chi connectivity index (χ4n) is 1.78. The van der Waals surface area contributed by atoms with Gasteiger partial charge in [0, 0.05) is 0 Å². The topological polar surface area (TPSA) is 0 Å². The molecule has 0 heterocycles. The van der Waals surface area contributed by atoms with Gasteiger partial charge in [-0.25, -0.2) is 0 Å². The Balaban J connectivity index is 2.16. The van der Waals surface area contributed by atoms with Gasteiger partial charge < -0.3 is 0 Å². The predicted molar refractivity (Wildman–Crippen MR) is 46.4 cm³/mol. The monoisotopic (exact) mass is 136 g/mol. The maximum absolute atomic E-state index is 5.62. The van der Waals surface area contributed by atoms with Crippen LogP contribution in [0.1, 0.15) is 44.9 Å². The van der Waals surface area contributed by atoms with Gasteiger partial charge in [0.1, 0.15) is 0 Å². The Morgan fingerprint density at radius 3 is 1.90 bits per heavy atom. The third-order valence-corrected chi connectivity index (χ3v) is 2.56. The van der Waals surface area contributed by atoms with E-state index in [0.717, 1.165) is 12.2 Å². The molecule has 0 bridgehead atoms. The highest BCUT2D eigenvalue weighted by molar-refractivity contribution is 6.08. The molecule has 0 N–H and O–H groups in total. The maximum atomic E-state index is 5.62. The molecule has 1 aliphatic rings. The summed E-state index contributed by atoms with van der Waals surface area (Å²) >= 11 is 0. The Labute approximate surface area is 65.8 Å². The van der Waals surface area contributed by atoms with Crippen LogP contribution in [0, 0.1) is 5.92 Å². The molecule has 0 aliphatic heterocycles. The molecule has 2 radical (unpaired) electrons. The van der Waals surface area contributed by atoms with Crippen LogP contribution in [0.2, 0.25) is 6.32 Å². The summed E-state index contributed by atoms with van der Waals surface area (Å²) in [4.78, 5) is 0. The Hall–Kier alpha value is 0.0649. The van der Waals surface area contributed by atoms with Gasteiger partial charge in [0.05, 0.1) is 7.85 Å². The first-order valence-corrected chi connectivity index (χ1v) is 4.63. The maximum Gasteiger partial charge on any atom is 0.0656 e. The molecule has 0 nitrogen and oxygen atoms in total. The lowest BCUT2D eigenvalue weighted by atomic mass is 9.82. The van der Waals surface area contributed by atoms with Gasteiger partial charge >= 0.3 is 0 Å². The van der Waals surface area contributed by atoms with E-state index < -0.39 is 0 Å². The van der Waals surface area contributed by atoms with Crippen LogP contribution in [-0.4, -0.2) is 7.85 Å². The molecule has 0 atom stereocenters. The third-order valence-electron chi connectivity index (χ3n) is 2.56. The molecule has 0 saturated heterocycles. The lowest BCUT2D eigenvalue weighted by Gasteiger charge is -2.17. The summed E-state index contributed by atoms with van der Waals surface area (Å²) in [6, 6.07) is 0. The normalized spacial score (nSPS) is 23.6. The molecule has 1 fully saturated rings. The molecule has 0 aromatic heterocycles. The van der Waals surface area contributed by atoms with Crippen molar-refractivity contribution in [2.24, 2.45) is 5.92 Å². The Kier molecular flexibility index (Phi) is 3.93. The summed E-state index contributed by atoms with van der Waals surface area (Å²) in [5.41, 5.74) is 0. The van der Waals surface area contributed by atoms with E-state index in [1.807, 2.05) is 0 Å². The van der Waals surface area contributed by atoms with Crippen molar-refractivity contribution in [3.8, 4) is 0 Å². The first-order chi connectivity index (χ1) is 4.93. The van der Waals surface area contributed by atoms with Crippen LogP contribution in [0.25, 0.3) is 0 Å². The Morgan fingerprint density at radius 1 is 0.900 bits per heavy atom. The Bertz CT molecular complexity index is 72.8. The van der Waals surface area contributed by atoms with Gasteiger partial charge in [-0.1, -0.05) is 51.3 Å². The zero-order valence-corrected chi connectivity index (χ0v) is 6.81. The molecular formula is C9H17B. The summed E-state index contributed by atoms with van der Waals surface area (Å²) in [5.74, 6) is 0.847. The smallest absolute Gasteiger partial charge is 0.0656 e. The van der Waals surface area contributed by atoms with Gasteiger partial charge in [0.2, 0.25) is 0 Å². The summed E-state index contributed by atoms with van der Waals surface area (Å²) in [6.45, 7) is 0. The van der Waals surface area contributed by atoms with Crippen molar-refractivity contribution < 1.29 is 0 Å². The lowest BCUT2D eigenvalue weighted by Crippen LogP contribution is -2.02. The van der Waals surface area contributed by atoms with E-state index in [9.17, 15) is 0 Å². The highest BCUT2D eigenvalue weighted by Gasteiger charge is 2.07. The van der Waals surface area contributed by atoms with Crippen LogP contribution < -0.4 is 0 Å². The van der Waals surface area contributed by atoms with Gasteiger partial charge in [0.15, 0.2) is 0 Å². The molecule has 0 spiro atoms. The van der Waals surface area contributed by atoms with Crippen molar-refractivity contribution in [3.05, 3.63) is 0 Å². The number of hydrogen-bond acceptors (Lipinski definition) is 0. The third kappa shape index (κ3) is 2.77. The van der Waals surface area contributed by atoms with Gasteiger partial charge in [-0.2, -0.15) is 0 Å². The van der Waals surface area contributed by atoms with Gasteiger partial charge in [0.25, 0.3) is 0 Å². The van der Waals surface area contributed by atoms with Crippen LogP contribution in [0.15, 0.2) is 0 Å². The standard InChI is InChI=1S/C9H17B/c10-8-9-6-4-2-1-3-5-7-9/h9H,1-8H2. The molecule has 0 amide bonds. The van der Waals surface area contributed by atoms with Crippen molar-refractivity contribution in [3.63, 3.8) is 0 Å².